The molecule has 0 saturated heterocycles. The number of fused-ring (bicyclic) bond motifs is 1. The molecule has 1 aliphatic rings. The van der Waals surface area contributed by atoms with E-state index in [4.69, 9.17) is 0 Å². The fourth-order valence-electron chi connectivity index (χ4n) is 3.07. The molecular formula is C21H18N4S. The lowest BCUT2D eigenvalue weighted by atomic mass is 10.1. The summed E-state index contributed by atoms with van der Waals surface area (Å²) >= 11 is 1.79. The average molecular weight is 358 g/mol. The molecule has 0 amide bonds. The second-order valence-corrected chi connectivity index (χ2v) is 7.80. The standard InChI is InChI=1S/C21H18N4S/c1-13-23-18(10-21(24-13)25-17-6-7-17)15-8-16(12-22-11-15)20-9-14-4-2-3-5-19(14)26-20/h2-5,8-12,17H,6-7H2,1H3,(H,23,24,25). The second-order valence-electron chi connectivity index (χ2n) is 6.72. The highest BCUT2D eigenvalue weighted by Crippen LogP contribution is 2.34. The van der Waals surface area contributed by atoms with Crippen molar-refractivity contribution in [2.45, 2.75) is 25.8 Å². The maximum atomic E-state index is 4.62. The minimum absolute atomic E-state index is 0.570. The highest BCUT2D eigenvalue weighted by molar-refractivity contribution is 7.22. The summed E-state index contributed by atoms with van der Waals surface area (Å²) in [7, 11) is 0. The molecule has 3 aromatic heterocycles. The lowest BCUT2D eigenvalue weighted by Gasteiger charge is -2.08. The Kier molecular flexibility index (Phi) is 3.68. The number of hydrogen-bond acceptors (Lipinski definition) is 5. The minimum Gasteiger partial charge on any atom is -0.367 e. The molecular weight excluding hydrogens is 340 g/mol. The van der Waals surface area contributed by atoms with Crippen molar-refractivity contribution in [2.24, 2.45) is 0 Å². The summed E-state index contributed by atoms with van der Waals surface area (Å²) in [6.07, 6.45) is 6.24. The van der Waals surface area contributed by atoms with E-state index in [0.29, 0.717) is 6.04 Å². The van der Waals surface area contributed by atoms with Crippen LogP contribution in [0.3, 0.4) is 0 Å². The number of pyridine rings is 1. The zero-order valence-electron chi connectivity index (χ0n) is 14.4. The van der Waals surface area contributed by atoms with E-state index in [-0.39, 0.29) is 0 Å². The Labute approximate surface area is 156 Å². The third kappa shape index (κ3) is 3.06. The summed E-state index contributed by atoms with van der Waals surface area (Å²) in [5.41, 5.74) is 3.05. The molecule has 4 aromatic rings. The van der Waals surface area contributed by atoms with Gasteiger partial charge in [-0.25, -0.2) is 9.97 Å². The first-order valence-corrected chi connectivity index (χ1v) is 9.63. The number of rotatable bonds is 4. The number of anilines is 1. The number of hydrogen-bond donors (Lipinski definition) is 1. The number of aryl methyl sites for hydroxylation is 1. The van der Waals surface area contributed by atoms with Crippen molar-refractivity contribution < 1.29 is 0 Å². The predicted molar refractivity (Wildman–Crippen MR) is 107 cm³/mol. The average Bonchev–Trinajstić information content (AvgIpc) is 3.35. The fraction of sp³-hybridized carbons (Fsp3) is 0.190. The van der Waals surface area contributed by atoms with Gasteiger partial charge in [0.1, 0.15) is 11.6 Å². The molecule has 5 rings (SSSR count). The lowest BCUT2D eigenvalue weighted by Crippen LogP contribution is -2.05. The van der Waals surface area contributed by atoms with Crippen LogP contribution in [0.1, 0.15) is 18.7 Å². The lowest BCUT2D eigenvalue weighted by molar-refractivity contribution is 1.02. The summed E-state index contributed by atoms with van der Waals surface area (Å²) < 4.78 is 1.29. The van der Waals surface area contributed by atoms with E-state index in [1.54, 1.807) is 11.3 Å². The van der Waals surface area contributed by atoms with Crippen LogP contribution in [0, 0.1) is 6.92 Å². The summed E-state index contributed by atoms with van der Waals surface area (Å²) in [6, 6.07) is 15.4. The highest BCUT2D eigenvalue weighted by Gasteiger charge is 2.21. The van der Waals surface area contributed by atoms with Gasteiger partial charge in [0, 0.05) is 45.2 Å². The van der Waals surface area contributed by atoms with E-state index in [9.17, 15) is 0 Å². The molecule has 0 aliphatic heterocycles. The Balaban J connectivity index is 1.54. The van der Waals surface area contributed by atoms with Crippen molar-refractivity contribution in [1.82, 2.24) is 15.0 Å². The minimum atomic E-state index is 0.570. The molecule has 1 saturated carbocycles. The quantitative estimate of drug-likeness (QED) is 0.537. The Bertz CT molecular complexity index is 1070. The molecule has 1 aliphatic carbocycles. The normalized spacial score (nSPS) is 13.9. The van der Waals surface area contributed by atoms with E-state index < -0.39 is 0 Å². The molecule has 5 heteroatoms. The smallest absolute Gasteiger partial charge is 0.130 e. The molecule has 0 atom stereocenters. The SMILES string of the molecule is Cc1nc(NC2CC2)cc(-c2cncc(-c3cc4ccccc4s3)c2)n1. The van der Waals surface area contributed by atoms with Crippen molar-refractivity contribution in [3.63, 3.8) is 0 Å². The van der Waals surface area contributed by atoms with Gasteiger partial charge in [0.2, 0.25) is 0 Å². The van der Waals surface area contributed by atoms with Crippen LogP contribution < -0.4 is 5.32 Å². The van der Waals surface area contributed by atoms with E-state index in [1.165, 1.54) is 27.8 Å². The summed E-state index contributed by atoms with van der Waals surface area (Å²) in [5, 5.41) is 4.73. The molecule has 0 spiro atoms. The number of thiophene rings is 1. The van der Waals surface area contributed by atoms with Crippen molar-refractivity contribution in [3.05, 3.63) is 60.7 Å². The van der Waals surface area contributed by atoms with Crippen LogP contribution in [-0.2, 0) is 0 Å². The van der Waals surface area contributed by atoms with Crippen LogP contribution in [0.5, 0.6) is 0 Å². The van der Waals surface area contributed by atoms with Crippen LogP contribution in [0.2, 0.25) is 0 Å². The number of nitrogens with zero attached hydrogens (tertiary/aromatic N) is 3. The molecule has 3 heterocycles. The number of aromatic nitrogens is 3. The van der Waals surface area contributed by atoms with Gasteiger partial charge < -0.3 is 5.32 Å². The van der Waals surface area contributed by atoms with E-state index in [2.05, 4.69) is 56.7 Å². The van der Waals surface area contributed by atoms with Gasteiger partial charge in [0.05, 0.1) is 5.69 Å². The van der Waals surface area contributed by atoms with Crippen molar-refractivity contribution in [1.29, 1.82) is 0 Å². The van der Waals surface area contributed by atoms with Crippen molar-refractivity contribution >= 4 is 27.2 Å². The highest BCUT2D eigenvalue weighted by atomic mass is 32.1. The third-order valence-corrected chi connectivity index (χ3v) is 5.68. The molecule has 1 aromatic carbocycles. The van der Waals surface area contributed by atoms with Gasteiger partial charge in [-0.15, -0.1) is 11.3 Å². The first kappa shape index (κ1) is 15.5. The number of nitrogens with one attached hydrogen (secondary N) is 1. The van der Waals surface area contributed by atoms with E-state index in [1.807, 2.05) is 25.4 Å². The van der Waals surface area contributed by atoms with Crippen molar-refractivity contribution in [3.8, 4) is 21.7 Å². The molecule has 4 nitrogen and oxygen atoms in total. The maximum Gasteiger partial charge on any atom is 0.130 e. The van der Waals surface area contributed by atoms with Gasteiger partial charge in [-0.1, -0.05) is 18.2 Å². The Morgan fingerprint density at radius 1 is 1.00 bits per heavy atom. The molecule has 1 fully saturated rings. The molecule has 1 N–H and O–H groups in total. The maximum absolute atomic E-state index is 4.62. The zero-order valence-corrected chi connectivity index (χ0v) is 15.3. The van der Waals surface area contributed by atoms with Crippen LogP contribution in [-0.4, -0.2) is 21.0 Å². The van der Waals surface area contributed by atoms with Gasteiger partial charge in [-0.3, -0.25) is 4.98 Å². The van der Waals surface area contributed by atoms with Gasteiger partial charge in [0.15, 0.2) is 0 Å². The summed E-state index contributed by atoms with van der Waals surface area (Å²) in [4.78, 5) is 14.8. The topological polar surface area (TPSA) is 50.7 Å². The van der Waals surface area contributed by atoms with Crippen LogP contribution >= 0.6 is 11.3 Å². The Hall–Kier alpha value is -2.79. The van der Waals surface area contributed by atoms with Crippen LogP contribution in [0.25, 0.3) is 31.8 Å². The monoisotopic (exact) mass is 358 g/mol. The first-order chi connectivity index (χ1) is 12.7. The van der Waals surface area contributed by atoms with Crippen LogP contribution in [0.15, 0.2) is 54.9 Å². The summed E-state index contributed by atoms with van der Waals surface area (Å²) in [5.74, 6) is 1.68. The van der Waals surface area contributed by atoms with E-state index in [0.717, 1.165) is 28.5 Å². The van der Waals surface area contributed by atoms with Crippen molar-refractivity contribution in [2.75, 3.05) is 5.32 Å². The Morgan fingerprint density at radius 3 is 2.69 bits per heavy atom. The Morgan fingerprint density at radius 2 is 1.85 bits per heavy atom. The van der Waals surface area contributed by atoms with Gasteiger partial charge in [-0.2, -0.15) is 0 Å². The third-order valence-electron chi connectivity index (χ3n) is 4.51. The zero-order chi connectivity index (χ0) is 17.5. The number of benzene rings is 1. The fourth-order valence-corrected chi connectivity index (χ4v) is 4.11. The van der Waals surface area contributed by atoms with Crippen LogP contribution in [0.4, 0.5) is 5.82 Å². The predicted octanol–water partition coefficient (Wildman–Crippen LogP) is 5.30. The van der Waals surface area contributed by atoms with E-state index >= 15 is 0 Å². The molecule has 128 valence electrons. The molecule has 0 unspecified atom stereocenters. The molecule has 26 heavy (non-hydrogen) atoms. The largest absolute Gasteiger partial charge is 0.367 e. The van der Waals surface area contributed by atoms with Gasteiger partial charge >= 0.3 is 0 Å². The van der Waals surface area contributed by atoms with Gasteiger partial charge in [0.25, 0.3) is 0 Å². The van der Waals surface area contributed by atoms with Gasteiger partial charge in [-0.05, 0) is 43.4 Å². The summed E-state index contributed by atoms with van der Waals surface area (Å²) in [6.45, 7) is 1.94. The second kappa shape index (κ2) is 6.18. The molecule has 0 radical (unpaired) electrons. The molecule has 0 bridgehead atoms. The first-order valence-electron chi connectivity index (χ1n) is 8.81.